The molecule has 1 fully saturated rings. The minimum absolute atomic E-state index is 0.354. The number of hydrogen-bond donors (Lipinski definition) is 2. The Morgan fingerprint density at radius 2 is 1.89 bits per heavy atom. The number of aliphatic imine (C=N–C) groups is 1. The highest BCUT2D eigenvalue weighted by molar-refractivity contribution is 5.79. The molecule has 1 aliphatic carbocycles. The highest BCUT2D eigenvalue weighted by Gasteiger charge is 2.36. The third kappa shape index (κ3) is 6.99. The molecule has 0 aliphatic heterocycles. The van der Waals surface area contributed by atoms with Crippen LogP contribution in [0, 0.1) is 12.3 Å². The number of guanidine groups is 1. The van der Waals surface area contributed by atoms with Gasteiger partial charge >= 0.3 is 0 Å². The summed E-state index contributed by atoms with van der Waals surface area (Å²) < 4.78 is 16.4. The van der Waals surface area contributed by atoms with E-state index in [9.17, 15) is 0 Å². The average molecular weight is 392 g/mol. The summed E-state index contributed by atoms with van der Waals surface area (Å²) in [6, 6.07) is 6.32. The van der Waals surface area contributed by atoms with Gasteiger partial charge in [-0.3, -0.25) is 4.99 Å². The second-order valence-corrected chi connectivity index (χ2v) is 7.68. The van der Waals surface area contributed by atoms with E-state index in [2.05, 4.69) is 40.7 Å². The first-order chi connectivity index (χ1) is 13.6. The molecule has 0 amide bonds. The average Bonchev–Trinajstić information content (AvgIpc) is 2.67. The third-order valence-electron chi connectivity index (χ3n) is 5.52. The van der Waals surface area contributed by atoms with Gasteiger partial charge in [0.05, 0.1) is 6.61 Å². The van der Waals surface area contributed by atoms with Crippen molar-refractivity contribution in [2.75, 3.05) is 47.6 Å². The Morgan fingerprint density at radius 1 is 1.11 bits per heavy atom. The zero-order chi connectivity index (χ0) is 20.2. The lowest BCUT2D eigenvalue weighted by atomic mass is 9.67. The topological polar surface area (TPSA) is 64.1 Å². The molecule has 6 heteroatoms. The Hall–Kier alpha value is -1.79. The van der Waals surface area contributed by atoms with Crippen LogP contribution in [-0.2, 0) is 16.0 Å². The van der Waals surface area contributed by atoms with Crippen LogP contribution in [0.4, 0.5) is 0 Å². The summed E-state index contributed by atoms with van der Waals surface area (Å²) in [5.41, 5.74) is 2.68. The molecule has 28 heavy (non-hydrogen) atoms. The van der Waals surface area contributed by atoms with Gasteiger partial charge in [-0.25, -0.2) is 0 Å². The Bertz CT molecular complexity index is 615. The molecule has 0 heterocycles. The fourth-order valence-electron chi connectivity index (χ4n) is 3.51. The molecule has 1 aromatic rings. The van der Waals surface area contributed by atoms with E-state index in [-0.39, 0.29) is 0 Å². The summed E-state index contributed by atoms with van der Waals surface area (Å²) in [5.74, 6) is 1.75. The highest BCUT2D eigenvalue weighted by Crippen LogP contribution is 2.43. The number of rotatable bonds is 12. The summed E-state index contributed by atoms with van der Waals surface area (Å²) in [5, 5.41) is 6.94. The van der Waals surface area contributed by atoms with E-state index in [0.717, 1.165) is 43.3 Å². The van der Waals surface area contributed by atoms with Gasteiger partial charge in [0.25, 0.3) is 0 Å². The van der Waals surface area contributed by atoms with Crippen molar-refractivity contribution in [1.82, 2.24) is 10.6 Å². The molecule has 0 saturated heterocycles. The minimum atomic E-state index is 0.354. The van der Waals surface area contributed by atoms with Crippen molar-refractivity contribution < 1.29 is 14.2 Å². The van der Waals surface area contributed by atoms with Crippen molar-refractivity contribution in [3.05, 3.63) is 29.3 Å². The second-order valence-electron chi connectivity index (χ2n) is 7.68. The maximum Gasteiger partial charge on any atom is 0.191 e. The zero-order valence-corrected chi connectivity index (χ0v) is 18.0. The van der Waals surface area contributed by atoms with Gasteiger partial charge in [0.15, 0.2) is 5.96 Å². The van der Waals surface area contributed by atoms with Crippen molar-refractivity contribution in [1.29, 1.82) is 0 Å². The van der Waals surface area contributed by atoms with Crippen LogP contribution in [0.5, 0.6) is 5.75 Å². The number of hydrogen-bond acceptors (Lipinski definition) is 4. The molecule has 2 rings (SSSR count). The van der Waals surface area contributed by atoms with Crippen LogP contribution in [0.25, 0.3) is 0 Å². The molecule has 6 nitrogen and oxygen atoms in total. The molecule has 0 bridgehead atoms. The lowest BCUT2D eigenvalue weighted by molar-refractivity contribution is 0.0732. The molecule has 1 aromatic carbocycles. The van der Waals surface area contributed by atoms with Gasteiger partial charge in [0.1, 0.15) is 5.75 Å². The summed E-state index contributed by atoms with van der Waals surface area (Å²) in [6.45, 7) is 5.87. The first-order valence-electron chi connectivity index (χ1n) is 10.3. The van der Waals surface area contributed by atoms with Crippen molar-refractivity contribution in [3.63, 3.8) is 0 Å². The SMILES string of the molecule is CN=C(NCc1ccc(C)cc1OCCCOC)NCC1(CCOC)CCC1. The van der Waals surface area contributed by atoms with Crippen molar-refractivity contribution in [3.8, 4) is 5.75 Å². The summed E-state index contributed by atoms with van der Waals surface area (Å²) >= 11 is 0. The molecular formula is C22H37N3O3. The van der Waals surface area contributed by atoms with Gasteiger partial charge < -0.3 is 24.8 Å². The van der Waals surface area contributed by atoms with E-state index in [0.29, 0.717) is 25.2 Å². The van der Waals surface area contributed by atoms with Gasteiger partial charge in [-0.05, 0) is 43.2 Å². The normalized spacial score (nSPS) is 15.8. The third-order valence-corrected chi connectivity index (χ3v) is 5.52. The van der Waals surface area contributed by atoms with Crippen LogP contribution in [0.1, 0.15) is 43.2 Å². The Kier molecular flexibility index (Phi) is 9.58. The quantitative estimate of drug-likeness (QED) is 0.325. The van der Waals surface area contributed by atoms with E-state index in [1.165, 1.54) is 24.8 Å². The number of benzene rings is 1. The molecule has 0 aromatic heterocycles. The summed E-state index contributed by atoms with van der Waals surface area (Å²) in [4.78, 5) is 4.38. The Labute approximate surface area is 170 Å². The van der Waals surface area contributed by atoms with Crippen LogP contribution < -0.4 is 15.4 Å². The van der Waals surface area contributed by atoms with Crippen LogP contribution in [0.15, 0.2) is 23.2 Å². The maximum atomic E-state index is 5.98. The second kappa shape index (κ2) is 11.9. The number of aryl methyl sites for hydroxylation is 1. The number of nitrogens with zero attached hydrogens (tertiary/aromatic N) is 1. The molecular weight excluding hydrogens is 354 g/mol. The van der Waals surface area contributed by atoms with Gasteiger partial charge in [0.2, 0.25) is 0 Å². The van der Waals surface area contributed by atoms with E-state index >= 15 is 0 Å². The van der Waals surface area contributed by atoms with Crippen LogP contribution in [-0.4, -0.2) is 53.6 Å². The largest absolute Gasteiger partial charge is 0.493 e. The first kappa shape index (κ1) is 22.5. The fourth-order valence-corrected chi connectivity index (χ4v) is 3.51. The molecule has 1 aliphatic rings. The van der Waals surface area contributed by atoms with Crippen molar-refractivity contribution in [2.45, 2.75) is 45.6 Å². The fraction of sp³-hybridized carbons (Fsp3) is 0.682. The molecule has 0 spiro atoms. The predicted molar refractivity (Wildman–Crippen MR) is 114 cm³/mol. The minimum Gasteiger partial charge on any atom is -0.493 e. The van der Waals surface area contributed by atoms with Gasteiger partial charge in [-0.2, -0.15) is 0 Å². The zero-order valence-electron chi connectivity index (χ0n) is 18.0. The number of nitrogens with one attached hydrogen (secondary N) is 2. The lowest BCUT2D eigenvalue weighted by Gasteiger charge is -2.42. The van der Waals surface area contributed by atoms with E-state index < -0.39 is 0 Å². The first-order valence-corrected chi connectivity index (χ1v) is 10.3. The molecule has 0 atom stereocenters. The summed E-state index contributed by atoms with van der Waals surface area (Å²) in [6.07, 6.45) is 5.81. The Morgan fingerprint density at radius 3 is 2.54 bits per heavy atom. The predicted octanol–water partition coefficient (Wildman–Crippen LogP) is 3.28. The van der Waals surface area contributed by atoms with Gasteiger partial charge in [0, 0.05) is 59.6 Å². The maximum absolute atomic E-state index is 5.98. The van der Waals surface area contributed by atoms with E-state index in [1.54, 1.807) is 14.2 Å². The van der Waals surface area contributed by atoms with Gasteiger partial charge in [-0.15, -0.1) is 0 Å². The Balaban J connectivity index is 1.87. The highest BCUT2D eigenvalue weighted by atomic mass is 16.5. The number of methoxy groups -OCH3 is 2. The molecule has 1 saturated carbocycles. The van der Waals surface area contributed by atoms with Crippen molar-refractivity contribution in [2.24, 2.45) is 10.4 Å². The van der Waals surface area contributed by atoms with E-state index in [1.807, 2.05) is 7.05 Å². The van der Waals surface area contributed by atoms with Crippen molar-refractivity contribution >= 4 is 5.96 Å². The monoisotopic (exact) mass is 391 g/mol. The molecule has 2 N–H and O–H groups in total. The molecule has 0 radical (unpaired) electrons. The van der Waals surface area contributed by atoms with Crippen LogP contribution in [0.3, 0.4) is 0 Å². The number of ether oxygens (including phenoxy) is 3. The van der Waals surface area contributed by atoms with E-state index in [4.69, 9.17) is 14.2 Å². The smallest absolute Gasteiger partial charge is 0.191 e. The standard InChI is InChI=1S/C22H37N3O3/c1-18-7-8-19(20(15-18)28-13-6-12-26-3)16-24-21(23-2)25-17-22(9-5-10-22)11-14-27-4/h7-8,15H,5-6,9-14,16-17H2,1-4H3,(H2,23,24,25). The lowest BCUT2D eigenvalue weighted by Crippen LogP contribution is -2.46. The summed E-state index contributed by atoms with van der Waals surface area (Å²) in [7, 11) is 5.30. The van der Waals surface area contributed by atoms with Gasteiger partial charge in [-0.1, -0.05) is 18.6 Å². The molecule has 0 unspecified atom stereocenters. The molecule has 158 valence electrons. The van der Waals surface area contributed by atoms with Crippen LogP contribution in [0.2, 0.25) is 0 Å². The van der Waals surface area contributed by atoms with Crippen LogP contribution >= 0.6 is 0 Å².